The van der Waals surface area contributed by atoms with Crippen molar-refractivity contribution in [2.24, 2.45) is 5.73 Å². The first-order chi connectivity index (χ1) is 6.70. The molecule has 0 amide bonds. The monoisotopic (exact) mass is 202 g/mol. The van der Waals surface area contributed by atoms with Gasteiger partial charge < -0.3 is 20.9 Å². The number of nitrogens with two attached hydrogens (primary N) is 1. The van der Waals surface area contributed by atoms with Crippen LogP contribution in [0.2, 0.25) is 0 Å². The van der Waals surface area contributed by atoms with E-state index < -0.39 is 12.0 Å². The molecule has 0 aromatic carbocycles. The molecule has 82 valence electrons. The van der Waals surface area contributed by atoms with Crippen LogP contribution in [0.25, 0.3) is 0 Å². The van der Waals surface area contributed by atoms with Gasteiger partial charge in [0.2, 0.25) is 0 Å². The first kappa shape index (κ1) is 11.4. The lowest BCUT2D eigenvalue weighted by atomic mass is 10.1. The number of rotatable bonds is 5. The fraction of sp³-hybridized carbons (Fsp3) is 0.889. The van der Waals surface area contributed by atoms with Crippen LogP contribution >= 0.6 is 0 Å². The van der Waals surface area contributed by atoms with E-state index in [2.05, 4.69) is 5.32 Å². The Bertz CT molecular complexity index is 181. The molecule has 0 radical (unpaired) electrons. The van der Waals surface area contributed by atoms with Crippen molar-refractivity contribution < 1.29 is 14.6 Å². The molecule has 1 rings (SSSR count). The number of carbonyl (C=O) groups is 1. The number of morpholine rings is 1. The van der Waals surface area contributed by atoms with Crippen molar-refractivity contribution in [3.8, 4) is 0 Å². The van der Waals surface area contributed by atoms with E-state index in [-0.39, 0.29) is 0 Å². The van der Waals surface area contributed by atoms with Crippen LogP contribution in [0.3, 0.4) is 0 Å². The Kier molecular flexibility index (Phi) is 4.86. The van der Waals surface area contributed by atoms with E-state index in [9.17, 15) is 4.79 Å². The number of carboxylic acid groups (broad SMARTS) is 1. The van der Waals surface area contributed by atoms with E-state index in [1.807, 2.05) is 0 Å². The van der Waals surface area contributed by atoms with Gasteiger partial charge in [0, 0.05) is 12.6 Å². The lowest BCUT2D eigenvalue weighted by Gasteiger charge is -2.23. The molecule has 1 saturated heterocycles. The molecule has 1 heterocycles. The van der Waals surface area contributed by atoms with Gasteiger partial charge in [-0.15, -0.1) is 0 Å². The fourth-order valence-corrected chi connectivity index (χ4v) is 1.51. The van der Waals surface area contributed by atoms with Crippen LogP contribution in [0, 0.1) is 0 Å². The van der Waals surface area contributed by atoms with Crippen molar-refractivity contribution in [2.75, 3.05) is 19.8 Å². The first-order valence-corrected chi connectivity index (χ1v) is 4.99. The molecule has 0 spiro atoms. The Morgan fingerprint density at radius 1 is 1.71 bits per heavy atom. The Morgan fingerprint density at radius 3 is 3.07 bits per heavy atom. The van der Waals surface area contributed by atoms with Crippen LogP contribution in [0.15, 0.2) is 0 Å². The molecular weight excluding hydrogens is 184 g/mol. The second-order valence-electron chi connectivity index (χ2n) is 3.60. The minimum Gasteiger partial charge on any atom is -0.480 e. The van der Waals surface area contributed by atoms with Gasteiger partial charge in [-0.3, -0.25) is 4.79 Å². The van der Waals surface area contributed by atoms with Crippen LogP contribution in [0.4, 0.5) is 0 Å². The molecule has 0 bridgehead atoms. The van der Waals surface area contributed by atoms with Gasteiger partial charge in [0.05, 0.1) is 13.2 Å². The third kappa shape index (κ3) is 4.04. The average Bonchev–Trinajstić information content (AvgIpc) is 2.19. The smallest absolute Gasteiger partial charge is 0.320 e. The zero-order valence-corrected chi connectivity index (χ0v) is 8.24. The van der Waals surface area contributed by atoms with Crippen molar-refractivity contribution in [2.45, 2.75) is 31.3 Å². The van der Waals surface area contributed by atoms with Crippen LogP contribution in [0.5, 0.6) is 0 Å². The second kappa shape index (κ2) is 5.95. The highest BCUT2D eigenvalue weighted by atomic mass is 16.5. The summed E-state index contributed by atoms with van der Waals surface area (Å²) in [6.45, 7) is 2.38. The maximum atomic E-state index is 10.4. The number of hydrogen-bond donors (Lipinski definition) is 3. The van der Waals surface area contributed by atoms with Crippen molar-refractivity contribution in [1.29, 1.82) is 0 Å². The third-order valence-electron chi connectivity index (χ3n) is 2.38. The zero-order chi connectivity index (χ0) is 10.4. The summed E-state index contributed by atoms with van der Waals surface area (Å²) in [5, 5.41) is 11.9. The summed E-state index contributed by atoms with van der Waals surface area (Å²) in [4.78, 5) is 10.4. The molecule has 0 aliphatic carbocycles. The first-order valence-electron chi connectivity index (χ1n) is 4.99. The topological polar surface area (TPSA) is 84.6 Å². The van der Waals surface area contributed by atoms with Crippen molar-refractivity contribution in [1.82, 2.24) is 5.32 Å². The summed E-state index contributed by atoms with van der Waals surface area (Å²) in [6.07, 6.45) is 2.29. The zero-order valence-electron chi connectivity index (χ0n) is 8.24. The Labute approximate surface area is 83.6 Å². The van der Waals surface area contributed by atoms with Crippen molar-refractivity contribution in [3.05, 3.63) is 0 Å². The fourth-order valence-electron chi connectivity index (χ4n) is 1.51. The minimum absolute atomic E-state index is 0.366. The summed E-state index contributed by atoms with van der Waals surface area (Å²) in [7, 11) is 0. The standard InChI is InChI=1S/C9H18N2O3/c10-8(9(12)13)3-1-2-7-6-14-5-4-11-7/h7-8,11H,1-6,10H2,(H,12,13). The minimum atomic E-state index is -0.919. The van der Waals surface area contributed by atoms with E-state index >= 15 is 0 Å². The van der Waals surface area contributed by atoms with E-state index in [1.165, 1.54) is 0 Å². The SMILES string of the molecule is NC(CCCC1COCCN1)C(=O)O. The van der Waals surface area contributed by atoms with Gasteiger partial charge in [0.1, 0.15) is 6.04 Å². The summed E-state index contributed by atoms with van der Waals surface area (Å²) in [6, 6.07) is -0.357. The maximum Gasteiger partial charge on any atom is 0.320 e. The van der Waals surface area contributed by atoms with Gasteiger partial charge in [-0.05, 0) is 19.3 Å². The number of ether oxygens (including phenoxy) is 1. The average molecular weight is 202 g/mol. The molecule has 0 saturated carbocycles. The highest BCUT2D eigenvalue weighted by Gasteiger charge is 2.15. The van der Waals surface area contributed by atoms with Gasteiger partial charge in [-0.25, -0.2) is 0 Å². The molecule has 1 aliphatic rings. The highest BCUT2D eigenvalue weighted by molar-refractivity contribution is 5.72. The normalized spacial score (nSPS) is 24.5. The Hall–Kier alpha value is -0.650. The molecule has 0 aromatic rings. The molecule has 0 aromatic heterocycles. The number of nitrogens with one attached hydrogen (secondary N) is 1. The number of carboxylic acids is 1. The Morgan fingerprint density at radius 2 is 2.50 bits per heavy atom. The molecule has 2 atom stereocenters. The quantitative estimate of drug-likeness (QED) is 0.562. The number of hydrogen-bond acceptors (Lipinski definition) is 4. The van der Waals surface area contributed by atoms with Crippen molar-refractivity contribution in [3.63, 3.8) is 0 Å². The molecule has 5 heteroatoms. The summed E-state index contributed by atoms with van der Waals surface area (Å²) < 4.78 is 5.28. The van der Waals surface area contributed by atoms with E-state index in [1.54, 1.807) is 0 Å². The van der Waals surface area contributed by atoms with Gasteiger partial charge in [0.15, 0.2) is 0 Å². The molecule has 14 heavy (non-hydrogen) atoms. The Balaban J connectivity index is 2.05. The van der Waals surface area contributed by atoms with Gasteiger partial charge in [-0.2, -0.15) is 0 Å². The van der Waals surface area contributed by atoms with Crippen LogP contribution in [-0.4, -0.2) is 42.9 Å². The summed E-state index contributed by atoms with van der Waals surface area (Å²) in [5.41, 5.74) is 5.38. The second-order valence-corrected chi connectivity index (χ2v) is 3.60. The molecular formula is C9H18N2O3. The number of aliphatic carboxylic acids is 1. The highest BCUT2D eigenvalue weighted by Crippen LogP contribution is 2.05. The third-order valence-corrected chi connectivity index (χ3v) is 2.38. The van der Waals surface area contributed by atoms with Gasteiger partial charge >= 0.3 is 5.97 Å². The predicted molar refractivity (Wildman–Crippen MR) is 52.1 cm³/mol. The van der Waals surface area contributed by atoms with E-state index in [0.717, 1.165) is 32.6 Å². The van der Waals surface area contributed by atoms with Crippen LogP contribution < -0.4 is 11.1 Å². The molecule has 1 aliphatic heterocycles. The summed E-state index contributed by atoms with van der Waals surface area (Å²) >= 11 is 0. The predicted octanol–water partition coefficient (Wildman–Crippen LogP) is -0.443. The molecule has 5 nitrogen and oxygen atoms in total. The van der Waals surface area contributed by atoms with Crippen LogP contribution in [0.1, 0.15) is 19.3 Å². The van der Waals surface area contributed by atoms with E-state index in [4.69, 9.17) is 15.6 Å². The lowest BCUT2D eigenvalue weighted by Crippen LogP contribution is -2.41. The van der Waals surface area contributed by atoms with Crippen molar-refractivity contribution >= 4 is 5.97 Å². The molecule has 1 fully saturated rings. The van der Waals surface area contributed by atoms with Gasteiger partial charge in [0.25, 0.3) is 0 Å². The van der Waals surface area contributed by atoms with Crippen LogP contribution in [-0.2, 0) is 9.53 Å². The lowest BCUT2D eigenvalue weighted by molar-refractivity contribution is -0.138. The summed E-state index contributed by atoms with van der Waals surface area (Å²) in [5.74, 6) is -0.919. The maximum absolute atomic E-state index is 10.4. The largest absolute Gasteiger partial charge is 0.480 e. The van der Waals surface area contributed by atoms with E-state index in [0.29, 0.717) is 12.5 Å². The van der Waals surface area contributed by atoms with Gasteiger partial charge in [-0.1, -0.05) is 0 Å². The molecule has 4 N–H and O–H groups in total. The molecule has 2 unspecified atom stereocenters.